The lowest BCUT2D eigenvalue weighted by molar-refractivity contribution is 1.04. The van der Waals surface area contributed by atoms with Crippen LogP contribution in [-0.4, -0.2) is 0 Å². The fraction of sp³-hybridized carbons (Fsp3) is 0.125. The third kappa shape index (κ3) is 1.30. The molecule has 0 radical (unpaired) electrons. The molecular weight excluding hydrogens is 192 g/mol. The summed E-state index contributed by atoms with van der Waals surface area (Å²) in [6.07, 6.45) is 13.3. The first kappa shape index (κ1) is 9.41. The third-order valence-corrected chi connectivity index (χ3v) is 3.33. The van der Waals surface area contributed by atoms with E-state index >= 15 is 0 Å². The van der Waals surface area contributed by atoms with Crippen molar-refractivity contribution in [3.63, 3.8) is 0 Å². The van der Waals surface area contributed by atoms with E-state index in [-0.39, 0.29) is 0 Å². The molecule has 0 aliphatic heterocycles. The highest BCUT2D eigenvalue weighted by atomic mass is 14.3. The van der Waals surface area contributed by atoms with Gasteiger partial charge >= 0.3 is 0 Å². The summed E-state index contributed by atoms with van der Waals surface area (Å²) in [5.41, 5.74) is 5.56. The molecule has 0 N–H and O–H groups in total. The maximum atomic E-state index is 2.30. The molecule has 3 rings (SSSR count). The molecule has 0 spiro atoms. The Hall–Kier alpha value is -1.82. The summed E-state index contributed by atoms with van der Waals surface area (Å²) >= 11 is 0. The second-order valence-electron chi connectivity index (χ2n) is 4.19. The summed E-state index contributed by atoms with van der Waals surface area (Å²) in [5.74, 6) is 0.442. The van der Waals surface area contributed by atoms with Crippen LogP contribution in [0.4, 0.5) is 0 Å². The summed E-state index contributed by atoms with van der Waals surface area (Å²) < 4.78 is 0. The minimum Gasteiger partial charge on any atom is -0.0801 e. The zero-order chi connectivity index (χ0) is 11.0. The first-order valence-electron chi connectivity index (χ1n) is 5.72. The molecule has 0 aromatic heterocycles. The maximum Gasteiger partial charge on any atom is 0.0284 e. The maximum absolute atomic E-state index is 2.30. The Morgan fingerprint density at radius 2 is 2.00 bits per heavy atom. The van der Waals surface area contributed by atoms with Crippen molar-refractivity contribution in [3.05, 3.63) is 76.9 Å². The molecular formula is C16H14. The largest absolute Gasteiger partial charge is 0.0801 e. The molecule has 16 heavy (non-hydrogen) atoms. The van der Waals surface area contributed by atoms with Crippen LogP contribution in [0.2, 0.25) is 0 Å². The van der Waals surface area contributed by atoms with E-state index in [4.69, 9.17) is 0 Å². The van der Waals surface area contributed by atoms with Gasteiger partial charge < -0.3 is 0 Å². The molecule has 0 amide bonds. The molecule has 1 unspecified atom stereocenters. The van der Waals surface area contributed by atoms with E-state index in [0.29, 0.717) is 5.92 Å². The van der Waals surface area contributed by atoms with Crippen LogP contribution in [0, 0.1) is 0 Å². The summed E-state index contributed by atoms with van der Waals surface area (Å²) in [7, 11) is 0. The van der Waals surface area contributed by atoms with Crippen molar-refractivity contribution < 1.29 is 0 Å². The number of allylic oxidation sites excluding steroid dienone is 7. The molecule has 0 heteroatoms. The lowest BCUT2D eigenvalue weighted by Crippen LogP contribution is -1.97. The van der Waals surface area contributed by atoms with Gasteiger partial charge in [-0.05, 0) is 29.2 Å². The summed E-state index contributed by atoms with van der Waals surface area (Å²) in [4.78, 5) is 0. The van der Waals surface area contributed by atoms with Gasteiger partial charge in [0.25, 0.3) is 0 Å². The predicted molar refractivity (Wildman–Crippen MR) is 69.2 cm³/mol. The Morgan fingerprint density at radius 3 is 2.88 bits per heavy atom. The first-order valence-corrected chi connectivity index (χ1v) is 5.72. The molecule has 2 aliphatic rings. The van der Waals surface area contributed by atoms with Gasteiger partial charge in [-0.25, -0.2) is 0 Å². The van der Waals surface area contributed by atoms with Crippen LogP contribution in [0.5, 0.6) is 0 Å². The molecule has 0 heterocycles. The Bertz CT molecular complexity index is 539. The van der Waals surface area contributed by atoms with Crippen molar-refractivity contribution in [1.82, 2.24) is 0 Å². The van der Waals surface area contributed by atoms with E-state index in [9.17, 15) is 0 Å². The van der Waals surface area contributed by atoms with Crippen molar-refractivity contribution in [2.45, 2.75) is 12.8 Å². The molecule has 0 saturated carbocycles. The van der Waals surface area contributed by atoms with E-state index in [1.54, 1.807) is 0 Å². The lowest BCUT2D eigenvalue weighted by atomic mass is 9.90. The number of fused-ring (bicyclic) bond motifs is 1. The fourth-order valence-electron chi connectivity index (χ4n) is 2.51. The topological polar surface area (TPSA) is 0 Å². The number of hydrogen-bond acceptors (Lipinski definition) is 0. The normalized spacial score (nSPS) is 23.9. The molecule has 1 atom stereocenters. The third-order valence-electron chi connectivity index (χ3n) is 3.33. The van der Waals surface area contributed by atoms with E-state index < -0.39 is 0 Å². The zero-order valence-electron chi connectivity index (χ0n) is 9.35. The smallest absolute Gasteiger partial charge is 0.0284 e. The van der Waals surface area contributed by atoms with Gasteiger partial charge in [0.15, 0.2) is 0 Å². The second-order valence-corrected chi connectivity index (χ2v) is 4.19. The van der Waals surface area contributed by atoms with Gasteiger partial charge in [0.1, 0.15) is 0 Å². The second kappa shape index (κ2) is 3.64. The van der Waals surface area contributed by atoms with Gasteiger partial charge in [-0.2, -0.15) is 0 Å². The van der Waals surface area contributed by atoms with Crippen LogP contribution in [-0.2, 0) is 0 Å². The van der Waals surface area contributed by atoms with Gasteiger partial charge in [0.2, 0.25) is 0 Å². The van der Waals surface area contributed by atoms with Gasteiger partial charge in [-0.15, -0.1) is 0 Å². The summed E-state index contributed by atoms with van der Waals surface area (Å²) in [5, 5.41) is 0. The molecule has 0 saturated heterocycles. The van der Waals surface area contributed by atoms with Gasteiger partial charge in [0, 0.05) is 5.92 Å². The van der Waals surface area contributed by atoms with E-state index in [1.165, 1.54) is 22.3 Å². The number of hydrogen-bond donors (Lipinski definition) is 0. The number of benzene rings is 1. The highest BCUT2D eigenvalue weighted by Gasteiger charge is 2.22. The van der Waals surface area contributed by atoms with Crippen LogP contribution in [0.1, 0.15) is 24.0 Å². The van der Waals surface area contributed by atoms with Crippen LogP contribution in [0.25, 0.3) is 6.08 Å². The quantitative estimate of drug-likeness (QED) is 0.644. The molecule has 0 nitrogen and oxygen atoms in total. The molecule has 2 aliphatic carbocycles. The van der Waals surface area contributed by atoms with Gasteiger partial charge in [-0.3, -0.25) is 0 Å². The van der Waals surface area contributed by atoms with E-state index in [0.717, 1.165) is 0 Å². The standard InChI is InChI=1S/C16H14/c1-2-12-7-5-9-14(12)16-11-10-13-6-3-4-8-15(13)16/h2-11,16H,1H3. The van der Waals surface area contributed by atoms with Crippen LogP contribution in [0.15, 0.2) is 65.8 Å². The molecule has 1 aromatic carbocycles. The highest BCUT2D eigenvalue weighted by Crippen LogP contribution is 2.40. The van der Waals surface area contributed by atoms with Crippen LogP contribution in [0.3, 0.4) is 0 Å². The van der Waals surface area contributed by atoms with E-state index in [2.05, 4.69) is 67.6 Å². The average Bonchev–Trinajstić information content (AvgIpc) is 2.94. The van der Waals surface area contributed by atoms with Gasteiger partial charge in [-0.1, -0.05) is 60.7 Å². The van der Waals surface area contributed by atoms with Crippen molar-refractivity contribution in [2.24, 2.45) is 0 Å². The minimum absolute atomic E-state index is 0.442. The summed E-state index contributed by atoms with van der Waals surface area (Å²) in [6, 6.07) is 8.64. The molecule has 0 bridgehead atoms. The monoisotopic (exact) mass is 206 g/mol. The van der Waals surface area contributed by atoms with Gasteiger partial charge in [0.05, 0.1) is 0 Å². The summed E-state index contributed by atoms with van der Waals surface area (Å²) in [6.45, 7) is 2.10. The Labute approximate surface area is 96.3 Å². The fourth-order valence-corrected chi connectivity index (χ4v) is 2.51. The minimum atomic E-state index is 0.442. The molecule has 78 valence electrons. The number of rotatable bonds is 1. The van der Waals surface area contributed by atoms with E-state index in [1.807, 2.05) is 0 Å². The van der Waals surface area contributed by atoms with Crippen LogP contribution >= 0.6 is 0 Å². The van der Waals surface area contributed by atoms with Crippen molar-refractivity contribution in [3.8, 4) is 0 Å². The van der Waals surface area contributed by atoms with Crippen molar-refractivity contribution in [2.75, 3.05) is 0 Å². The molecule has 1 aromatic rings. The SMILES string of the molecule is CC=C1C=CC=C1C1C=Cc2ccccc21. The predicted octanol–water partition coefficient (Wildman–Crippen LogP) is 4.24. The Kier molecular flexibility index (Phi) is 2.14. The lowest BCUT2D eigenvalue weighted by Gasteiger charge is -2.14. The Balaban J connectivity index is 2.04. The zero-order valence-corrected chi connectivity index (χ0v) is 9.35. The highest BCUT2D eigenvalue weighted by molar-refractivity contribution is 5.68. The Morgan fingerprint density at radius 1 is 1.12 bits per heavy atom. The van der Waals surface area contributed by atoms with Crippen molar-refractivity contribution in [1.29, 1.82) is 0 Å². The first-order chi connectivity index (χ1) is 7.90. The van der Waals surface area contributed by atoms with Crippen molar-refractivity contribution >= 4 is 6.08 Å². The average molecular weight is 206 g/mol. The molecule has 0 fully saturated rings. The van der Waals surface area contributed by atoms with Crippen LogP contribution < -0.4 is 0 Å².